The predicted molar refractivity (Wildman–Crippen MR) is 85.6 cm³/mol. The van der Waals surface area contributed by atoms with Gasteiger partial charge in [-0.3, -0.25) is 0 Å². The zero-order valence-electron chi connectivity index (χ0n) is 13.3. The second-order valence-electron chi connectivity index (χ2n) is 6.24. The number of benzene rings is 1. The van der Waals surface area contributed by atoms with Crippen LogP contribution in [0.5, 0.6) is 0 Å². The molecule has 0 saturated heterocycles. The van der Waals surface area contributed by atoms with Gasteiger partial charge in [-0.05, 0) is 36.3 Å². The number of nitrogens with one attached hydrogen (secondary N) is 1. The molecule has 3 heteroatoms. The van der Waals surface area contributed by atoms with Crippen molar-refractivity contribution < 1.29 is 5.11 Å². The number of aliphatic hydroxyl groups is 1. The molecular formula is C17H30N2O. The lowest BCUT2D eigenvalue weighted by atomic mass is 9.98. The summed E-state index contributed by atoms with van der Waals surface area (Å²) in [5.41, 5.74) is 8.48. The van der Waals surface area contributed by atoms with Crippen molar-refractivity contribution in [3.63, 3.8) is 0 Å². The first-order chi connectivity index (χ1) is 9.47. The Bertz CT molecular complexity index is 375. The highest BCUT2D eigenvalue weighted by Crippen LogP contribution is 2.17. The van der Waals surface area contributed by atoms with Gasteiger partial charge in [0.15, 0.2) is 0 Å². The van der Waals surface area contributed by atoms with Crippen molar-refractivity contribution in [1.82, 2.24) is 5.32 Å². The summed E-state index contributed by atoms with van der Waals surface area (Å²) >= 11 is 0. The molecule has 0 bridgehead atoms. The number of hydrogen-bond donors (Lipinski definition) is 3. The molecule has 0 heterocycles. The summed E-state index contributed by atoms with van der Waals surface area (Å²) in [5, 5.41) is 12.7. The molecule has 3 unspecified atom stereocenters. The van der Waals surface area contributed by atoms with Crippen molar-refractivity contribution in [2.24, 2.45) is 17.6 Å². The highest BCUT2D eigenvalue weighted by molar-refractivity contribution is 5.25. The van der Waals surface area contributed by atoms with E-state index in [2.05, 4.69) is 50.4 Å². The average molecular weight is 278 g/mol. The van der Waals surface area contributed by atoms with E-state index in [1.54, 1.807) is 0 Å². The molecule has 0 saturated carbocycles. The predicted octanol–water partition coefficient (Wildman–Crippen LogP) is 2.49. The summed E-state index contributed by atoms with van der Waals surface area (Å²) in [6.45, 7) is 9.35. The van der Waals surface area contributed by atoms with Gasteiger partial charge in [0.05, 0.1) is 0 Å². The van der Waals surface area contributed by atoms with Crippen molar-refractivity contribution >= 4 is 0 Å². The Morgan fingerprint density at radius 2 is 1.70 bits per heavy atom. The maximum absolute atomic E-state index is 9.21. The molecule has 0 radical (unpaired) electrons. The van der Waals surface area contributed by atoms with E-state index in [9.17, 15) is 5.11 Å². The van der Waals surface area contributed by atoms with Crippen LogP contribution in [0.3, 0.4) is 0 Å². The van der Waals surface area contributed by atoms with Crippen LogP contribution in [0.2, 0.25) is 0 Å². The maximum Gasteiger partial charge on any atom is 0.0471 e. The van der Waals surface area contributed by atoms with E-state index < -0.39 is 0 Å². The molecule has 3 atom stereocenters. The average Bonchev–Trinajstić information content (AvgIpc) is 2.44. The summed E-state index contributed by atoms with van der Waals surface area (Å²) < 4.78 is 0. The van der Waals surface area contributed by atoms with Crippen LogP contribution < -0.4 is 11.1 Å². The van der Waals surface area contributed by atoms with Crippen LogP contribution in [0.1, 0.15) is 44.9 Å². The van der Waals surface area contributed by atoms with Gasteiger partial charge in [-0.1, -0.05) is 45.0 Å². The lowest BCUT2D eigenvalue weighted by Crippen LogP contribution is -2.39. The monoisotopic (exact) mass is 278 g/mol. The number of nitrogens with two attached hydrogens (primary N) is 1. The topological polar surface area (TPSA) is 58.3 Å². The lowest BCUT2D eigenvalue weighted by Gasteiger charge is -2.26. The molecule has 1 aromatic rings. The van der Waals surface area contributed by atoms with Crippen LogP contribution in [0.25, 0.3) is 0 Å². The summed E-state index contributed by atoms with van der Waals surface area (Å²) in [6.07, 6.45) is 1.11. The van der Waals surface area contributed by atoms with Gasteiger partial charge in [0.25, 0.3) is 0 Å². The highest BCUT2D eigenvalue weighted by atomic mass is 16.3. The van der Waals surface area contributed by atoms with Crippen molar-refractivity contribution in [2.75, 3.05) is 13.2 Å². The summed E-state index contributed by atoms with van der Waals surface area (Å²) in [6, 6.07) is 9.10. The van der Waals surface area contributed by atoms with Gasteiger partial charge in [0.2, 0.25) is 0 Å². The molecule has 4 N–H and O–H groups in total. The van der Waals surface area contributed by atoms with E-state index in [0.717, 1.165) is 6.42 Å². The normalized spacial score (nSPS) is 16.1. The minimum absolute atomic E-state index is 0.145. The van der Waals surface area contributed by atoms with E-state index in [1.807, 2.05) is 6.92 Å². The number of hydrogen-bond acceptors (Lipinski definition) is 3. The van der Waals surface area contributed by atoms with Gasteiger partial charge in [-0.25, -0.2) is 0 Å². The number of aliphatic hydroxyl groups excluding tert-OH is 1. The molecule has 1 aromatic carbocycles. The van der Waals surface area contributed by atoms with E-state index in [1.165, 1.54) is 11.1 Å². The van der Waals surface area contributed by atoms with Crippen LogP contribution >= 0.6 is 0 Å². The Hall–Kier alpha value is -0.900. The van der Waals surface area contributed by atoms with Gasteiger partial charge in [-0.2, -0.15) is 0 Å². The van der Waals surface area contributed by atoms with E-state index in [-0.39, 0.29) is 24.6 Å². The maximum atomic E-state index is 9.21. The molecule has 0 aliphatic heterocycles. The highest BCUT2D eigenvalue weighted by Gasteiger charge is 2.16. The van der Waals surface area contributed by atoms with Crippen LogP contribution in [0.15, 0.2) is 24.3 Å². The van der Waals surface area contributed by atoms with Crippen molar-refractivity contribution in [3.8, 4) is 0 Å². The Labute approximate surface area is 123 Å². The fraction of sp³-hybridized carbons (Fsp3) is 0.647. The molecule has 0 amide bonds. The second kappa shape index (κ2) is 8.40. The fourth-order valence-electron chi connectivity index (χ4n) is 2.30. The van der Waals surface area contributed by atoms with Crippen molar-refractivity contribution in [2.45, 2.75) is 46.2 Å². The molecule has 0 fully saturated rings. The summed E-state index contributed by atoms with van der Waals surface area (Å²) in [7, 11) is 0. The van der Waals surface area contributed by atoms with Crippen molar-refractivity contribution in [3.05, 3.63) is 35.4 Å². The Kier molecular flexibility index (Phi) is 7.20. The van der Waals surface area contributed by atoms with Gasteiger partial charge >= 0.3 is 0 Å². The van der Waals surface area contributed by atoms with E-state index in [0.29, 0.717) is 12.5 Å². The first-order valence-corrected chi connectivity index (χ1v) is 7.63. The quantitative estimate of drug-likeness (QED) is 0.685. The second-order valence-corrected chi connectivity index (χ2v) is 6.24. The van der Waals surface area contributed by atoms with Gasteiger partial charge < -0.3 is 16.2 Å². The molecule has 3 nitrogen and oxygen atoms in total. The minimum atomic E-state index is 0.145. The van der Waals surface area contributed by atoms with Crippen LogP contribution in [-0.4, -0.2) is 24.3 Å². The van der Waals surface area contributed by atoms with Gasteiger partial charge in [0, 0.05) is 25.2 Å². The number of rotatable bonds is 8. The third-order valence-corrected chi connectivity index (χ3v) is 3.87. The molecule has 114 valence electrons. The lowest BCUT2D eigenvalue weighted by molar-refractivity contribution is 0.201. The van der Waals surface area contributed by atoms with Gasteiger partial charge in [-0.15, -0.1) is 0 Å². The molecule has 20 heavy (non-hydrogen) atoms. The molecule has 0 aliphatic rings. The van der Waals surface area contributed by atoms with Gasteiger partial charge in [0.1, 0.15) is 0 Å². The first kappa shape index (κ1) is 17.2. The Morgan fingerprint density at radius 1 is 1.10 bits per heavy atom. The van der Waals surface area contributed by atoms with E-state index >= 15 is 0 Å². The van der Waals surface area contributed by atoms with Crippen LogP contribution in [-0.2, 0) is 6.42 Å². The molecule has 0 aromatic heterocycles. The van der Waals surface area contributed by atoms with E-state index in [4.69, 9.17) is 5.73 Å². The first-order valence-electron chi connectivity index (χ1n) is 7.63. The van der Waals surface area contributed by atoms with Crippen LogP contribution in [0, 0.1) is 11.8 Å². The zero-order valence-corrected chi connectivity index (χ0v) is 13.3. The third kappa shape index (κ3) is 5.23. The molecular weight excluding hydrogens is 248 g/mol. The third-order valence-electron chi connectivity index (χ3n) is 3.87. The molecule has 0 spiro atoms. The largest absolute Gasteiger partial charge is 0.396 e. The zero-order chi connectivity index (χ0) is 15.1. The standard InChI is InChI=1S/C17H30N2O/c1-12(2)9-15-5-7-16(8-6-15)17(10-18)19-14(4)13(3)11-20/h5-8,12-14,17,19-20H,9-11,18H2,1-4H3. The fourth-order valence-corrected chi connectivity index (χ4v) is 2.30. The summed E-state index contributed by atoms with van der Waals surface area (Å²) in [4.78, 5) is 0. The molecule has 1 rings (SSSR count). The Balaban J connectivity index is 2.70. The smallest absolute Gasteiger partial charge is 0.0471 e. The minimum Gasteiger partial charge on any atom is -0.396 e. The Morgan fingerprint density at radius 3 is 2.15 bits per heavy atom. The SMILES string of the molecule is CC(C)Cc1ccc(C(CN)NC(C)C(C)CO)cc1. The molecule has 0 aliphatic carbocycles. The summed E-state index contributed by atoms with van der Waals surface area (Å²) in [5.74, 6) is 0.902. The van der Waals surface area contributed by atoms with Crippen LogP contribution in [0.4, 0.5) is 0 Å². The van der Waals surface area contributed by atoms with Crippen molar-refractivity contribution in [1.29, 1.82) is 0 Å².